The zero-order valence-electron chi connectivity index (χ0n) is 13.7. The van der Waals surface area contributed by atoms with Gasteiger partial charge in [0, 0.05) is 6.42 Å². The summed E-state index contributed by atoms with van der Waals surface area (Å²) in [5, 5.41) is 4.85. The molecule has 0 aliphatic carbocycles. The number of nitrogens with two attached hydrogens (primary N) is 1. The Hall–Kier alpha value is -2.32. The van der Waals surface area contributed by atoms with Gasteiger partial charge in [0.25, 0.3) is 0 Å². The van der Waals surface area contributed by atoms with E-state index in [1.165, 1.54) is 0 Å². The molecule has 4 N–H and O–H groups in total. The van der Waals surface area contributed by atoms with Crippen molar-refractivity contribution >= 4 is 23.9 Å². The molecular weight excluding hydrogens is 306 g/mol. The van der Waals surface area contributed by atoms with E-state index >= 15 is 0 Å². The molecule has 1 aliphatic rings. The topological polar surface area (TPSA) is 137 Å². The van der Waals surface area contributed by atoms with Gasteiger partial charge in [-0.25, -0.2) is 9.59 Å². The highest BCUT2D eigenvalue weighted by Crippen LogP contribution is 2.14. The molecule has 1 heterocycles. The lowest BCUT2D eigenvalue weighted by Crippen LogP contribution is -2.61. The van der Waals surface area contributed by atoms with Gasteiger partial charge in [0.05, 0.1) is 0 Å². The van der Waals surface area contributed by atoms with Crippen LogP contribution in [0.15, 0.2) is 0 Å². The maximum absolute atomic E-state index is 12.2. The lowest BCUT2D eigenvalue weighted by atomic mass is 10.1. The summed E-state index contributed by atoms with van der Waals surface area (Å²) in [4.78, 5) is 46.2. The molecule has 9 heteroatoms. The quantitative estimate of drug-likeness (QED) is 0.566. The summed E-state index contributed by atoms with van der Waals surface area (Å²) in [5.41, 5.74) is 4.33. The van der Waals surface area contributed by atoms with Crippen LogP contribution in [0.1, 0.15) is 40.5 Å². The summed E-state index contributed by atoms with van der Waals surface area (Å²) in [6.07, 6.45) is -1.34. The second-order valence-electron chi connectivity index (χ2n) is 6.33. The van der Waals surface area contributed by atoms with E-state index < -0.39 is 47.7 Å². The van der Waals surface area contributed by atoms with Crippen LogP contribution in [0.3, 0.4) is 0 Å². The van der Waals surface area contributed by atoms with Gasteiger partial charge in [-0.05, 0) is 34.1 Å². The Morgan fingerprint density at radius 3 is 2.39 bits per heavy atom. The molecule has 1 aliphatic heterocycles. The summed E-state index contributed by atoms with van der Waals surface area (Å²) < 4.78 is 9.81. The van der Waals surface area contributed by atoms with Crippen molar-refractivity contribution < 1.29 is 28.7 Å². The maximum atomic E-state index is 12.2. The predicted molar refractivity (Wildman–Crippen MR) is 79.1 cm³/mol. The van der Waals surface area contributed by atoms with Gasteiger partial charge in [0.15, 0.2) is 6.04 Å². The van der Waals surface area contributed by atoms with Gasteiger partial charge in [0.1, 0.15) is 17.7 Å². The molecular formula is C14H23N3O6. The molecule has 1 saturated heterocycles. The van der Waals surface area contributed by atoms with Gasteiger partial charge < -0.3 is 25.8 Å². The zero-order chi connectivity index (χ0) is 17.8. The monoisotopic (exact) mass is 329 g/mol. The fourth-order valence-corrected chi connectivity index (χ4v) is 1.88. The Labute approximate surface area is 134 Å². The maximum Gasteiger partial charge on any atom is 0.408 e. The van der Waals surface area contributed by atoms with Crippen molar-refractivity contribution in [3.63, 3.8) is 0 Å². The fourth-order valence-electron chi connectivity index (χ4n) is 1.88. The standard InChI is InChI=1S/C14H23N3O6/c1-7-10(12(20)22-7)17-11(19)8(5-6-9(15)18)16-13(21)23-14(2,3)4/h7-8,10H,5-6H2,1-4H3,(H2,15,18)(H,16,21)(H,17,19)/t7-,8+,10+/m1/s1. The van der Waals surface area contributed by atoms with E-state index in [4.69, 9.17) is 15.2 Å². The Kier molecular flexibility index (Phi) is 5.94. The molecule has 3 atom stereocenters. The molecule has 0 aromatic carbocycles. The van der Waals surface area contributed by atoms with Crippen LogP contribution in [0.5, 0.6) is 0 Å². The summed E-state index contributed by atoms with van der Waals surface area (Å²) >= 11 is 0. The first kappa shape index (κ1) is 18.7. The number of alkyl carbamates (subject to hydrolysis) is 1. The van der Waals surface area contributed by atoms with Crippen molar-refractivity contribution in [1.29, 1.82) is 0 Å². The largest absolute Gasteiger partial charge is 0.458 e. The van der Waals surface area contributed by atoms with E-state index in [0.717, 1.165) is 0 Å². The average Bonchev–Trinajstić information content (AvgIpc) is 2.38. The van der Waals surface area contributed by atoms with Gasteiger partial charge in [-0.2, -0.15) is 0 Å². The highest BCUT2D eigenvalue weighted by Gasteiger charge is 2.41. The minimum absolute atomic E-state index is 0.00341. The Bertz CT molecular complexity index is 499. The van der Waals surface area contributed by atoms with Crippen molar-refractivity contribution in [1.82, 2.24) is 10.6 Å². The molecule has 0 unspecified atom stereocenters. The van der Waals surface area contributed by atoms with Gasteiger partial charge in [0.2, 0.25) is 11.8 Å². The molecule has 0 spiro atoms. The molecule has 0 aromatic rings. The third-order valence-corrected chi connectivity index (χ3v) is 3.01. The number of carbonyl (C=O) groups excluding carboxylic acids is 4. The summed E-state index contributed by atoms with van der Waals surface area (Å²) in [5.74, 6) is -1.76. The first-order chi connectivity index (χ1) is 10.5. The molecule has 0 saturated carbocycles. The first-order valence-electron chi connectivity index (χ1n) is 7.28. The number of rotatable bonds is 6. The molecule has 130 valence electrons. The lowest BCUT2D eigenvalue weighted by molar-refractivity contribution is -0.176. The highest BCUT2D eigenvalue weighted by atomic mass is 16.6. The van der Waals surface area contributed by atoms with Crippen LogP contribution < -0.4 is 16.4 Å². The van der Waals surface area contributed by atoms with Gasteiger partial charge in [-0.3, -0.25) is 9.59 Å². The second kappa shape index (κ2) is 7.30. The Morgan fingerprint density at radius 2 is 1.96 bits per heavy atom. The lowest BCUT2D eigenvalue weighted by Gasteiger charge is -2.33. The van der Waals surface area contributed by atoms with E-state index in [-0.39, 0.29) is 12.8 Å². The van der Waals surface area contributed by atoms with E-state index in [2.05, 4.69) is 10.6 Å². The van der Waals surface area contributed by atoms with E-state index in [9.17, 15) is 19.2 Å². The fraction of sp³-hybridized carbons (Fsp3) is 0.714. The Morgan fingerprint density at radius 1 is 1.35 bits per heavy atom. The third-order valence-electron chi connectivity index (χ3n) is 3.01. The van der Waals surface area contributed by atoms with Crippen LogP contribution in [0, 0.1) is 0 Å². The van der Waals surface area contributed by atoms with Crippen molar-refractivity contribution in [2.75, 3.05) is 0 Å². The van der Waals surface area contributed by atoms with E-state index in [1.807, 2.05) is 0 Å². The molecule has 9 nitrogen and oxygen atoms in total. The van der Waals surface area contributed by atoms with Crippen molar-refractivity contribution in [3.05, 3.63) is 0 Å². The van der Waals surface area contributed by atoms with E-state index in [1.54, 1.807) is 27.7 Å². The van der Waals surface area contributed by atoms with Gasteiger partial charge in [-0.1, -0.05) is 0 Å². The number of hydrogen-bond acceptors (Lipinski definition) is 6. The molecule has 3 amide bonds. The number of hydrogen-bond donors (Lipinski definition) is 3. The molecule has 1 fully saturated rings. The third kappa shape index (κ3) is 6.13. The normalized spacial score (nSPS) is 21.5. The van der Waals surface area contributed by atoms with Crippen LogP contribution in [0.25, 0.3) is 0 Å². The SMILES string of the molecule is C[C@H]1OC(=O)[C@H]1NC(=O)[C@H](CCC(N)=O)NC(=O)OC(C)(C)C. The van der Waals surface area contributed by atoms with Crippen molar-refractivity contribution in [2.45, 2.75) is 64.3 Å². The summed E-state index contributed by atoms with van der Waals surface area (Å²) in [7, 11) is 0. The van der Waals surface area contributed by atoms with Crippen LogP contribution in [0.2, 0.25) is 0 Å². The highest BCUT2D eigenvalue weighted by molar-refractivity contribution is 5.92. The van der Waals surface area contributed by atoms with Crippen LogP contribution in [-0.4, -0.2) is 47.7 Å². The van der Waals surface area contributed by atoms with Crippen LogP contribution >= 0.6 is 0 Å². The van der Waals surface area contributed by atoms with Crippen molar-refractivity contribution in [3.8, 4) is 0 Å². The number of primary amides is 1. The summed E-state index contributed by atoms with van der Waals surface area (Å²) in [6.45, 7) is 6.66. The van der Waals surface area contributed by atoms with Crippen LogP contribution in [0.4, 0.5) is 4.79 Å². The molecule has 0 bridgehead atoms. The minimum Gasteiger partial charge on any atom is -0.458 e. The molecule has 23 heavy (non-hydrogen) atoms. The predicted octanol–water partition coefficient (Wildman–Crippen LogP) is -0.425. The molecule has 0 aromatic heterocycles. The molecule has 1 rings (SSSR count). The number of cyclic esters (lactones) is 1. The molecule has 0 radical (unpaired) electrons. The number of amides is 3. The number of nitrogens with one attached hydrogen (secondary N) is 2. The van der Waals surface area contributed by atoms with Gasteiger partial charge in [-0.15, -0.1) is 0 Å². The summed E-state index contributed by atoms with van der Waals surface area (Å²) in [6, 6.07) is -1.81. The van der Waals surface area contributed by atoms with Crippen LogP contribution in [-0.2, 0) is 23.9 Å². The zero-order valence-corrected chi connectivity index (χ0v) is 13.7. The second-order valence-corrected chi connectivity index (χ2v) is 6.33. The first-order valence-corrected chi connectivity index (χ1v) is 7.28. The minimum atomic E-state index is -1.04. The van der Waals surface area contributed by atoms with Crippen molar-refractivity contribution in [2.24, 2.45) is 5.73 Å². The number of ether oxygens (including phenoxy) is 2. The smallest absolute Gasteiger partial charge is 0.408 e. The number of esters is 1. The Balaban J connectivity index is 2.66. The van der Waals surface area contributed by atoms with Gasteiger partial charge >= 0.3 is 12.1 Å². The van der Waals surface area contributed by atoms with E-state index in [0.29, 0.717) is 0 Å². The number of carbonyl (C=O) groups is 4. The average molecular weight is 329 g/mol.